The van der Waals surface area contributed by atoms with E-state index >= 15 is 0 Å². The smallest absolute Gasteiger partial charge is 0.257 e. The van der Waals surface area contributed by atoms with E-state index < -0.39 is 0 Å². The zero-order chi connectivity index (χ0) is 18.5. The molecular weight excluding hydrogens is 333 g/mol. The lowest BCUT2D eigenvalue weighted by atomic mass is 9.99. The van der Waals surface area contributed by atoms with Crippen molar-refractivity contribution in [3.05, 3.63) is 59.7 Å². The van der Waals surface area contributed by atoms with E-state index in [4.69, 9.17) is 0 Å². The number of carbonyl (C=O) groups is 2. The Morgan fingerprint density at radius 2 is 1.92 bits per heavy atom. The van der Waals surface area contributed by atoms with Gasteiger partial charge in [0.25, 0.3) is 11.8 Å². The lowest BCUT2D eigenvalue weighted by Gasteiger charge is -2.35. The summed E-state index contributed by atoms with van der Waals surface area (Å²) in [6, 6.07) is 7.32. The van der Waals surface area contributed by atoms with Gasteiger partial charge in [0.1, 0.15) is 5.82 Å². The van der Waals surface area contributed by atoms with Gasteiger partial charge >= 0.3 is 0 Å². The van der Waals surface area contributed by atoms with Crippen LogP contribution >= 0.6 is 0 Å². The fourth-order valence-corrected chi connectivity index (χ4v) is 3.28. The molecule has 1 N–H and O–H groups in total. The van der Waals surface area contributed by atoms with E-state index in [1.54, 1.807) is 6.07 Å². The third-order valence-electron chi connectivity index (χ3n) is 4.71. The second-order valence-corrected chi connectivity index (χ2v) is 6.48. The first-order valence-corrected chi connectivity index (χ1v) is 8.91. The van der Waals surface area contributed by atoms with Gasteiger partial charge < -0.3 is 10.2 Å². The van der Waals surface area contributed by atoms with Crippen molar-refractivity contribution in [1.82, 2.24) is 9.88 Å². The van der Waals surface area contributed by atoms with Gasteiger partial charge in [0.05, 0.1) is 11.1 Å². The van der Waals surface area contributed by atoms with Gasteiger partial charge in [-0.15, -0.1) is 0 Å². The molecule has 1 aliphatic rings. The molecule has 6 heteroatoms. The number of anilines is 1. The zero-order valence-corrected chi connectivity index (χ0v) is 14.7. The van der Waals surface area contributed by atoms with E-state index in [0.29, 0.717) is 16.8 Å². The summed E-state index contributed by atoms with van der Waals surface area (Å²) in [6.45, 7) is 2.82. The van der Waals surface area contributed by atoms with Crippen molar-refractivity contribution in [2.75, 3.05) is 11.9 Å². The molecule has 0 bridgehead atoms. The third-order valence-corrected chi connectivity index (χ3v) is 4.71. The Morgan fingerprint density at radius 3 is 2.65 bits per heavy atom. The maximum Gasteiger partial charge on any atom is 0.257 e. The van der Waals surface area contributed by atoms with E-state index in [1.165, 1.54) is 36.7 Å². The van der Waals surface area contributed by atoms with Crippen molar-refractivity contribution in [3.8, 4) is 0 Å². The molecule has 1 aromatic carbocycles. The summed E-state index contributed by atoms with van der Waals surface area (Å²) in [5.41, 5.74) is 1.19. The number of likely N-dealkylation sites (tertiary alicyclic amines) is 1. The average Bonchev–Trinajstić information content (AvgIpc) is 2.69. The molecule has 1 unspecified atom stereocenters. The summed E-state index contributed by atoms with van der Waals surface area (Å²) in [6.07, 6.45) is 6.99. The van der Waals surface area contributed by atoms with E-state index in [0.717, 1.165) is 32.2 Å². The number of hydrogen-bond donors (Lipinski definition) is 1. The molecule has 5 nitrogen and oxygen atoms in total. The largest absolute Gasteiger partial charge is 0.336 e. The number of hydrogen-bond acceptors (Lipinski definition) is 3. The molecule has 1 aromatic heterocycles. The molecule has 2 aromatic rings. The highest BCUT2D eigenvalue weighted by atomic mass is 19.1. The van der Waals surface area contributed by atoms with Crippen LogP contribution in [0.5, 0.6) is 0 Å². The minimum atomic E-state index is -0.385. The number of rotatable bonds is 4. The minimum Gasteiger partial charge on any atom is -0.336 e. The predicted octanol–water partition coefficient (Wildman–Crippen LogP) is 3.88. The van der Waals surface area contributed by atoms with E-state index in [-0.39, 0.29) is 23.7 Å². The molecule has 136 valence electrons. The molecule has 0 saturated carbocycles. The minimum absolute atomic E-state index is 0.0829. The number of aromatic nitrogens is 1. The molecule has 0 spiro atoms. The molecule has 2 amide bonds. The number of piperidine rings is 1. The summed E-state index contributed by atoms with van der Waals surface area (Å²) in [7, 11) is 0. The van der Waals surface area contributed by atoms with Crippen LogP contribution in [0.15, 0.2) is 42.7 Å². The molecule has 1 aliphatic heterocycles. The van der Waals surface area contributed by atoms with Crippen molar-refractivity contribution in [3.63, 3.8) is 0 Å². The maximum atomic E-state index is 13.0. The Morgan fingerprint density at radius 1 is 1.19 bits per heavy atom. The molecule has 1 saturated heterocycles. The number of nitrogens with zero attached hydrogens (tertiary/aromatic N) is 2. The van der Waals surface area contributed by atoms with Gasteiger partial charge in [-0.25, -0.2) is 4.39 Å². The number of nitrogens with one attached hydrogen (secondary N) is 1. The Labute approximate surface area is 152 Å². The number of carbonyl (C=O) groups excluding carboxylic acids is 2. The number of benzene rings is 1. The Bertz CT molecular complexity index is 792. The van der Waals surface area contributed by atoms with Gasteiger partial charge in [-0.1, -0.05) is 6.92 Å². The first kappa shape index (κ1) is 18.0. The normalized spacial score (nSPS) is 17.0. The first-order chi connectivity index (χ1) is 12.6. The second-order valence-electron chi connectivity index (χ2n) is 6.48. The van der Waals surface area contributed by atoms with Crippen molar-refractivity contribution < 1.29 is 14.0 Å². The molecule has 0 aliphatic carbocycles. The average molecular weight is 355 g/mol. The van der Waals surface area contributed by atoms with Gasteiger partial charge in [0.15, 0.2) is 0 Å². The maximum absolute atomic E-state index is 13.0. The summed E-state index contributed by atoms with van der Waals surface area (Å²) in [4.78, 5) is 31.2. The van der Waals surface area contributed by atoms with Crippen LogP contribution in [0.2, 0.25) is 0 Å². The van der Waals surface area contributed by atoms with E-state index in [2.05, 4.69) is 17.2 Å². The summed E-state index contributed by atoms with van der Waals surface area (Å²) >= 11 is 0. The van der Waals surface area contributed by atoms with Crippen molar-refractivity contribution in [2.45, 2.75) is 38.6 Å². The first-order valence-electron chi connectivity index (χ1n) is 8.91. The molecule has 3 rings (SSSR count). The zero-order valence-electron chi connectivity index (χ0n) is 14.7. The number of amides is 2. The predicted molar refractivity (Wildman–Crippen MR) is 97.6 cm³/mol. The van der Waals surface area contributed by atoms with E-state index in [9.17, 15) is 14.0 Å². The van der Waals surface area contributed by atoms with Gasteiger partial charge in [-0.3, -0.25) is 14.6 Å². The summed E-state index contributed by atoms with van der Waals surface area (Å²) in [5, 5.41) is 2.68. The van der Waals surface area contributed by atoms with Crippen LogP contribution in [-0.4, -0.2) is 34.3 Å². The van der Waals surface area contributed by atoms with Crippen LogP contribution < -0.4 is 5.32 Å². The molecule has 0 radical (unpaired) electrons. The fourth-order valence-electron chi connectivity index (χ4n) is 3.28. The van der Waals surface area contributed by atoms with Crippen molar-refractivity contribution >= 4 is 17.5 Å². The third kappa shape index (κ3) is 4.07. The van der Waals surface area contributed by atoms with Crippen LogP contribution in [-0.2, 0) is 0 Å². The van der Waals surface area contributed by atoms with Gasteiger partial charge in [-0.2, -0.15) is 0 Å². The van der Waals surface area contributed by atoms with Crippen LogP contribution in [0.1, 0.15) is 53.3 Å². The van der Waals surface area contributed by atoms with Crippen LogP contribution in [0, 0.1) is 5.82 Å². The van der Waals surface area contributed by atoms with Gasteiger partial charge in [-0.05, 0) is 56.0 Å². The Kier molecular flexibility index (Phi) is 5.61. The molecule has 26 heavy (non-hydrogen) atoms. The Hall–Kier alpha value is -2.76. The standard InChI is InChI=1S/C20H22FN3O2/c1-2-18-5-3-4-10-24(18)20(26)15-11-14(12-22-13-15)19(25)23-17-8-6-16(21)7-9-17/h6-9,11-13,18H,2-5,10H2,1H3,(H,23,25). The molecular formula is C20H22FN3O2. The van der Waals surface area contributed by atoms with Gasteiger partial charge in [0.2, 0.25) is 0 Å². The highest BCUT2D eigenvalue weighted by Gasteiger charge is 2.26. The topological polar surface area (TPSA) is 62.3 Å². The van der Waals surface area contributed by atoms with Crippen LogP contribution in [0.3, 0.4) is 0 Å². The van der Waals surface area contributed by atoms with E-state index in [1.807, 2.05) is 4.90 Å². The number of pyridine rings is 1. The quantitative estimate of drug-likeness (QED) is 0.905. The van der Waals surface area contributed by atoms with Crippen molar-refractivity contribution in [1.29, 1.82) is 0 Å². The fraction of sp³-hybridized carbons (Fsp3) is 0.350. The SMILES string of the molecule is CCC1CCCCN1C(=O)c1cncc(C(=O)Nc2ccc(F)cc2)c1. The van der Waals surface area contributed by atoms with Gasteiger partial charge in [0, 0.05) is 30.7 Å². The lowest BCUT2D eigenvalue weighted by molar-refractivity contribution is 0.0607. The molecule has 1 fully saturated rings. The summed E-state index contributed by atoms with van der Waals surface area (Å²) in [5.74, 6) is -0.839. The number of halogens is 1. The van der Waals surface area contributed by atoms with Crippen molar-refractivity contribution in [2.24, 2.45) is 0 Å². The Balaban J connectivity index is 1.75. The van der Waals surface area contributed by atoms with Crippen LogP contribution in [0.4, 0.5) is 10.1 Å². The monoisotopic (exact) mass is 355 g/mol. The molecule has 1 atom stereocenters. The van der Waals surface area contributed by atoms with Crippen LogP contribution in [0.25, 0.3) is 0 Å². The summed E-state index contributed by atoms with van der Waals surface area (Å²) < 4.78 is 13.0. The highest BCUT2D eigenvalue weighted by molar-refractivity contribution is 6.05. The second kappa shape index (κ2) is 8.08. The lowest BCUT2D eigenvalue weighted by Crippen LogP contribution is -2.43. The highest BCUT2D eigenvalue weighted by Crippen LogP contribution is 2.22. The molecule has 2 heterocycles.